The van der Waals surface area contributed by atoms with Crippen molar-refractivity contribution in [3.63, 3.8) is 0 Å². The molecule has 0 saturated carbocycles. The molecule has 0 bridgehead atoms. The number of nitrogens with one attached hydrogen (secondary N) is 1. The van der Waals surface area contributed by atoms with Gasteiger partial charge in [-0.2, -0.15) is 0 Å². The Hall–Kier alpha value is -1.52. The zero-order chi connectivity index (χ0) is 11.7. The summed E-state index contributed by atoms with van der Waals surface area (Å²) in [6.45, 7) is 2.97. The summed E-state index contributed by atoms with van der Waals surface area (Å²) in [5, 5.41) is 2.52. The third kappa shape index (κ3) is 6.54. The Morgan fingerprint density at radius 3 is 2.60 bits per heavy atom. The maximum absolute atomic E-state index is 11.1. The molecule has 1 N–H and O–H groups in total. The van der Waals surface area contributed by atoms with E-state index in [4.69, 9.17) is 0 Å². The highest BCUT2D eigenvalue weighted by Gasteiger charge is 2.04. The zero-order valence-electron chi connectivity index (χ0n) is 9.45. The van der Waals surface area contributed by atoms with Crippen LogP contribution in [0.2, 0.25) is 0 Å². The van der Waals surface area contributed by atoms with Crippen LogP contribution in [0.3, 0.4) is 0 Å². The van der Waals surface area contributed by atoms with Crippen LogP contribution in [0.1, 0.15) is 13.3 Å². The highest BCUT2D eigenvalue weighted by atomic mass is 16.5. The third-order valence-corrected chi connectivity index (χ3v) is 1.76. The number of rotatable bonds is 6. The lowest BCUT2D eigenvalue weighted by Gasteiger charge is -2.17. The number of likely N-dealkylation sites (N-methyl/N-ethyl adjacent to an activating group) is 1. The van der Waals surface area contributed by atoms with Crippen LogP contribution < -0.4 is 5.32 Å². The van der Waals surface area contributed by atoms with Crippen molar-refractivity contribution in [2.75, 3.05) is 27.2 Å². The fourth-order valence-electron chi connectivity index (χ4n) is 0.991. The highest BCUT2D eigenvalue weighted by Crippen LogP contribution is 1.93. The molecule has 0 saturated heterocycles. The summed E-state index contributed by atoms with van der Waals surface area (Å²) in [6.07, 6.45) is 3.78. The second-order valence-corrected chi connectivity index (χ2v) is 2.98. The van der Waals surface area contributed by atoms with Crippen molar-refractivity contribution in [3.8, 4) is 0 Å². The van der Waals surface area contributed by atoms with Gasteiger partial charge in [0, 0.05) is 25.9 Å². The Kier molecular flexibility index (Phi) is 7.05. The topological polar surface area (TPSA) is 58.6 Å². The van der Waals surface area contributed by atoms with E-state index in [1.807, 2.05) is 6.92 Å². The molecular formula is C10H18N2O3. The lowest BCUT2D eigenvalue weighted by atomic mass is 10.4. The molecule has 0 fully saturated rings. The Labute approximate surface area is 90.1 Å². The number of carbonyl (C=O) groups excluding carboxylic acids is 2. The molecule has 0 aromatic carbocycles. The molecule has 5 nitrogen and oxygen atoms in total. The molecule has 15 heavy (non-hydrogen) atoms. The van der Waals surface area contributed by atoms with E-state index in [1.165, 1.54) is 13.2 Å². The molecule has 0 aliphatic carbocycles. The lowest BCUT2D eigenvalue weighted by molar-refractivity contribution is -0.135. The summed E-state index contributed by atoms with van der Waals surface area (Å²) in [6, 6.07) is 0. The van der Waals surface area contributed by atoms with E-state index in [9.17, 15) is 9.59 Å². The Balaban J connectivity index is 4.20. The van der Waals surface area contributed by atoms with Gasteiger partial charge in [0.2, 0.25) is 5.91 Å². The fourth-order valence-corrected chi connectivity index (χ4v) is 0.991. The van der Waals surface area contributed by atoms with Gasteiger partial charge in [-0.05, 0) is 6.42 Å². The molecule has 0 aliphatic heterocycles. The van der Waals surface area contributed by atoms with Crippen LogP contribution in [0.25, 0.3) is 0 Å². The van der Waals surface area contributed by atoms with Crippen LogP contribution in [0.5, 0.6) is 0 Å². The van der Waals surface area contributed by atoms with Crippen LogP contribution in [-0.2, 0) is 14.3 Å². The summed E-state index contributed by atoms with van der Waals surface area (Å²) >= 11 is 0. The maximum atomic E-state index is 11.1. The summed E-state index contributed by atoms with van der Waals surface area (Å²) in [5.74, 6) is -0.508. The van der Waals surface area contributed by atoms with E-state index >= 15 is 0 Å². The second-order valence-electron chi connectivity index (χ2n) is 2.98. The average molecular weight is 214 g/mol. The Morgan fingerprint density at radius 2 is 2.13 bits per heavy atom. The average Bonchev–Trinajstić information content (AvgIpc) is 2.25. The van der Waals surface area contributed by atoms with E-state index in [-0.39, 0.29) is 12.5 Å². The number of esters is 1. The molecule has 0 atom stereocenters. The van der Waals surface area contributed by atoms with Crippen LogP contribution in [0, 0.1) is 0 Å². The first-order valence-corrected chi connectivity index (χ1v) is 4.84. The molecular weight excluding hydrogens is 196 g/mol. The van der Waals surface area contributed by atoms with Crippen LogP contribution in [0.15, 0.2) is 12.3 Å². The van der Waals surface area contributed by atoms with Crippen molar-refractivity contribution in [1.29, 1.82) is 0 Å². The smallest absolute Gasteiger partial charge is 0.331 e. The predicted octanol–water partition coefficient (Wildman–Crippen LogP) is 0.131. The summed E-state index contributed by atoms with van der Waals surface area (Å²) < 4.78 is 4.46. The monoisotopic (exact) mass is 214 g/mol. The first kappa shape index (κ1) is 13.5. The molecule has 86 valence electrons. The number of hydrogen-bond acceptors (Lipinski definition) is 4. The summed E-state index contributed by atoms with van der Waals surface area (Å²) in [7, 11) is 2.89. The second kappa shape index (κ2) is 7.84. The van der Waals surface area contributed by atoms with Crippen LogP contribution in [0.4, 0.5) is 0 Å². The molecule has 0 aromatic heterocycles. The maximum Gasteiger partial charge on any atom is 0.331 e. The van der Waals surface area contributed by atoms with Crippen molar-refractivity contribution in [1.82, 2.24) is 10.2 Å². The normalized spacial score (nSPS) is 10.1. The molecule has 0 rings (SSSR count). The molecule has 0 radical (unpaired) electrons. The number of hydrogen-bond donors (Lipinski definition) is 1. The zero-order valence-corrected chi connectivity index (χ0v) is 9.45. The molecule has 0 aromatic rings. The van der Waals surface area contributed by atoms with Gasteiger partial charge in [-0.15, -0.1) is 0 Å². The number of nitrogens with zero attached hydrogens (tertiary/aromatic N) is 1. The minimum atomic E-state index is -0.423. The fraction of sp³-hybridized carbons (Fsp3) is 0.600. The Morgan fingerprint density at radius 1 is 1.47 bits per heavy atom. The van der Waals surface area contributed by atoms with Gasteiger partial charge in [-0.1, -0.05) is 6.92 Å². The number of amides is 1. The largest absolute Gasteiger partial charge is 0.466 e. The van der Waals surface area contributed by atoms with E-state index in [1.54, 1.807) is 18.1 Å². The van der Waals surface area contributed by atoms with Crippen molar-refractivity contribution >= 4 is 11.9 Å². The lowest BCUT2D eigenvalue weighted by Crippen LogP contribution is -2.33. The highest BCUT2D eigenvalue weighted by molar-refractivity contribution is 5.82. The van der Waals surface area contributed by atoms with Gasteiger partial charge < -0.3 is 15.0 Å². The molecule has 0 spiro atoms. The first-order chi connectivity index (χ1) is 7.13. The minimum absolute atomic E-state index is 0.0852. The van der Waals surface area contributed by atoms with Crippen molar-refractivity contribution in [2.24, 2.45) is 0 Å². The van der Waals surface area contributed by atoms with Gasteiger partial charge in [0.15, 0.2) is 0 Å². The summed E-state index contributed by atoms with van der Waals surface area (Å²) in [5.41, 5.74) is 0. The van der Waals surface area contributed by atoms with Gasteiger partial charge in [-0.3, -0.25) is 4.79 Å². The van der Waals surface area contributed by atoms with Crippen molar-refractivity contribution in [3.05, 3.63) is 12.3 Å². The molecule has 1 amide bonds. The van der Waals surface area contributed by atoms with Gasteiger partial charge in [0.05, 0.1) is 13.7 Å². The predicted molar refractivity (Wildman–Crippen MR) is 57.1 cm³/mol. The minimum Gasteiger partial charge on any atom is -0.466 e. The van der Waals surface area contributed by atoms with Crippen molar-refractivity contribution in [2.45, 2.75) is 13.3 Å². The number of ether oxygens (including phenoxy) is 1. The number of carbonyl (C=O) groups is 2. The van der Waals surface area contributed by atoms with Gasteiger partial charge in [-0.25, -0.2) is 4.79 Å². The van der Waals surface area contributed by atoms with E-state index in [2.05, 4.69) is 10.1 Å². The molecule has 0 heterocycles. The first-order valence-electron chi connectivity index (χ1n) is 4.84. The van der Waals surface area contributed by atoms with Gasteiger partial charge >= 0.3 is 5.97 Å². The van der Waals surface area contributed by atoms with Crippen LogP contribution in [-0.4, -0.2) is 44.0 Å². The SMILES string of the molecule is CCCN(C=CC(=O)OC)CC(=O)NC. The third-order valence-electron chi connectivity index (χ3n) is 1.76. The van der Waals surface area contributed by atoms with Gasteiger partial charge in [0.1, 0.15) is 0 Å². The molecule has 0 unspecified atom stereocenters. The van der Waals surface area contributed by atoms with E-state index in [0.29, 0.717) is 0 Å². The van der Waals surface area contributed by atoms with Gasteiger partial charge in [0.25, 0.3) is 0 Å². The quantitative estimate of drug-likeness (QED) is 0.504. The molecule has 5 heteroatoms. The standard InChI is InChI=1S/C10H18N2O3/c1-4-6-12(8-9(13)11-2)7-5-10(14)15-3/h5,7H,4,6,8H2,1-3H3,(H,11,13). The van der Waals surface area contributed by atoms with Crippen LogP contribution >= 0.6 is 0 Å². The Bertz CT molecular complexity index is 239. The van der Waals surface area contributed by atoms with Crippen molar-refractivity contribution < 1.29 is 14.3 Å². The van der Waals surface area contributed by atoms with E-state index < -0.39 is 5.97 Å². The number of methoxy groups -OCH3 is 1. The summed E-state index contributed by atoms with van der Waals surface area (Å²) in [4.78, 5) is 23.7. The molecule has 0 aliphatic rings. The van der Waals surface area contributed by atoms with E-state index in [0.717, 1.165) is 13.0 Å².